The quantitative estimate of drug-likeness (QED) is 0.874. The second kappa shape index (κ2) is 7.03. The smallest absolute Gasteiger partial charge is 0.251 e. The largest absolute Gasteiger partial charge is 0.376 e. The zero-order valence-electron chi connectivity index (χ0n) is 14.6. The predicted octanol–water partition coefficient (Wildman–Crippen LogP) is 3.26. The third kappa shape index (κ3) is 3.29. The SMILES string of the molecule is C[C@@H]1CCN(C(=O)CNc2ccc3c(c2)C(=O)NC3)c2ccccc2S1. The van der Waals surface area contributed by atoms with Crippen LogP contribution in [0.3, 0.4) is 0 Å². The fourth-order valence-corrected chi connectivity index (χ4v) is 4.45. The van der Waals surface area contributed by atoms with Gasteiger partial charge in [0.1, 0.15) is 0 Å². The Bertz CT molecular complexity index is 868. The molecular weight excluding hydrogens is 346 g/mol. The number of anilines is 2. The van der Waals surface area contributed by atoms with Gasteiger partial charge >= 0.3 is 0 Å². The van der Waals surface area contributed by atoms with Crippen LogP contribution >= 0.6 is 11.8 Å². The van der Waals surface area contributed by atoms with Crippen molar-refractivity contribution in [2.45, 2.75) is 30.0 Å². The molecule has 134 valence electrons. The van der Waals surface area contributed by atoms with Crippen LogP contribution in [-0.2, 0) is 11.3 Å². The van der Waals surface area contributed by atoms with Gasteiger partial charge in [0, 0.05) is 34.5 Å². The van der Waals surface area contributed by atoms with Gasteiger partial charge < -0.3 is 15.5 Å². The summed E-state index contributed by atoms with van der Waals surface area (Å²) in [5.41, 5.74) is 3.47. The maximum absolute atomic E-state index is 12.9. The molecule has 0 unspecified atom stereocenters. The third-order valence-electron chi connectivity index (χ3n) is 4.78. The normalized spacial score (nSPS) is 18.6. The van der Waals surface area contributed by atoms with Crippen molar-refractivity contribution in [2.75, 3.05) is 23.3 Å². The Labute approximate surface area is 157 Å². The Balaban J connectivity index is 1.49. The number of nitrogens with zero attached hydrogens (tertiary/aromatic N) is 1. The molecule has 5 nitrogen and oxygen atoms in total. The Morgan fingerprint density at radius 2 is 2.15 bits per heavy atom. The van der Waals surface area contributed by atoms with Gasteiger partial charge in [-0.1, -0.05) is 25.1 Å². The minimum absolute atomic E-state index is 0.0390. The van der Waals surface area contributed by atoms with Crippen molar-refractivity contribution in [1.29, 1.82) is 0 Å². The highest BCUT2D eigenvalue weighted by molar-refractivity contribution is 8.00. The fourth-order valence-electron chi connectivity index (χ4n) is 3.34. The summed E-state index contributed by atoms with van der Waals surface area (Å²) in [6, 6.07) is 13.7. The van der Waals surface area contributed by atoms with Crippen LogP contribution in [0.25, 0.3) is 0 Å². The van der Waals surface area contributed by atoms with E-state index < -0.39 is 0 Å². The number of carbonyl (C=O) groups is 2. The molecule has 2 aromatic carbocycles. The molecule has 2 heterocycles. The van der Waals surface area contributed by atoms with Crippen LogP contribution in [0, 0.1) is 0 Å². The number of para-hydroxylation sites is 1. The highest BCUT2D eigenvalue weighted by Crippen LogP contribution is 2.37. The summed E-state index contributed by atoms with van der Waals surface area (Å²) in [7, 11) is 0. The van der Waals surface area contributed by atoms with Gasteiger partial charge in [-0.05, 0) is 36.2 Å². The molecule has 0 radical (unpaired) electrons. The number of hydrogen-bond acceptors (Lipinski definition) is 4. The monoisotopic (exact) mass is 367 g/mol. The molecule has 0 saturated heterocycles. The topological polar surface area (TPSA) is 61.4 Å². The molecule has 2 aromatic rings. The van der Waals surface area contributed by atoms with E-state index in [-0.39, 0.29) is 18.4 Å². The molecule has 0 fully saturated rings. The Morgan fingerprint density at radius 1 is 1.31 bits per heavy atom. The molecule has 0 spiro atoms. The standard InChI is InChI=1S/C20H21N3O2S/c1-13-8-9-23(17-4-2-3-5-18(17)26-13)19(24)12-21-15-7-6-14-11-22-20(25)16(14)10-15/h2-7,10,13,21H,8-9,11-12H2,1H3,(H,22,25)/t13-/m1/s1. The van der Waals surface area contributed by atoms with Gasteiger partial charge in [-0.3, -0.25) is 9.59 Å². The molecular formula is C20H21N3O2S. The Hall–Kier alpha value is -2.47. The first-order valence-corrected chi connectivity index (χ1v) is 9.71. The van der Waals surface area contributed by atoms with Crippen molar-refractivity contribution in [1.82, 2.24) is 5.32 Å². The lowest BCUT2D eigenvalue weighted by Gasteiger charge is -2.23. The molecule has 2 aliphatic rings. The first kappa shape index (κ1) is 17.0. The molecule has 2 aliphatic heterocycles. The van der Waals surface area contributed by atoms with E-state index in [4.69, 9.17) is 0 Å². The number of amides is 2. The minimum atomic E-state index is -0.0533. The highest BCUT2D eigenvalue weighted by Gasteiger charge is 2.24. The highest BCUT2D eigenvalue weighted by atomic mass is 32.2. The maximum atomic E-state index is 12.9. The lowest BCUT2D eigenvalue weighted by Crippen LogP contribution is -2.36. The first-order chi connectivity index (χ1) is 12.6. The lowest BCUT2D eigenvalue weighted by molar-refractivity contribution is -0.117. The number of fused-ring (bicyclic) bond motifs is 2. The summed E-state index contributed by atoms with van der Waals surface area (Å²) in [6.07, 6.45) is 0.962. The number of carbonyl (C=O) groups excluding carboxylic acids is 2. The summed E-state index contributed by atoms with van der Waals surface area (Å²) in [4.78, 5) is 27.7. The van der Waals surface area contributed by atoms with E-state index >= 15 is 0 Å². The summed E-state index contributed by atoms with van der Waals surface area (Å²) in [6.45, 7) is 3.70. The van der Waals surface area contributed by atoms with Gasteiger partial charge in [-0.15, -0.1) is 11.8 Å². The van der Waals surface area contributed by atoms with E-state index in [1.54, 1.807) is 0 Å². The number of nitrogens with one attached hydrogen (secondary N) is 2. The first-order valence-electron chi connectivity index (χ1n) is 8.83. The predicted molar refractivity (Wildman–Crippen MR) is 105 cm³/mol. The van der Waals surface area contributed by atoms with Gasteiger partial charge in [0.05, 0.1) is 12.2 Å². The van der Waals surface area contributed by atoms with Gasteiger partial charge in [-0.2, -0.15) is 0 Å². The zero-order chi connectivity index (χ0) is 18.1. The van der Waals surface area contributed by atoms with E-state index in [1.807, 2.05) is 53.1 Å². The van der Waals surface area contributed by atoms with Crippen LogP contribution in [-0.4, -0.2) is 30.2 Å². The molecule has 0 saturated carbocycles. The summed E-state index contributed by atoms with van der Waals surface area (Å²) in [5.74, 6) is -0.0143. The Kier molecular flexibility index (Phi) is 4.59. The molecule has 2 N–H and O–H groups in total. The van der Waals surface area contributed by atoms with Crippen LogP contribution in [0.1, 0.15) is 29.3 Å². The lowest BCUT2D eigenvalue weighted by atomic mass is 10.1. The van der Waals surface area contributed by atoms with E-state index in [1.165, 1.54) is 0 Å². The van der Waals surface area contributed by atoms with Crippen molar-refractivity contribution in [2.24, 2.45) is 0 Å². The second-order valence-corrected chi connectivity index (χ2v) is 8.12. The average molecular weight is 367 g/mol. The number of hydrogen-bond donors (Lipinski definition) is 2. The molecule has 4 rings (SSSR count). The summed E-state index contributed by atoms with van der Waals surface area (Å²) >= 11 is 1.82. The zero-order valence-corrected chi connectivity index (χ0v) is 15.4. The van der Waals surface area contributed by atoms with Crippen molar-refractivity contribution in [3.63, 3.8) is 0 Å². The van der Waals surface area contributed by atoms with Crippen LogP contribution in [0.4, 0.5) is 11.4 Å². The van der Waals surface area contributed by atoms with Gasteiger partial charge in [0.25, 0.3) is 5.91 Å². The number of benzene rings is 2. The van der Waals surface area contributed by atoms with E-state index in [2.05, 4.69) is 23.6 Å². The van der Waals surface area contributed by atoms with Gasteiger partial charge in [0.15, 0.2) is 0 Å². The molecule has 26 heavy (non-hydrogen) atoms. The molecule has 2 amide bonds. The summed E-state index contributed by atoms with van der Waals surface area (Å²) in [5, 5.41) is 6.47. The van der Waals surface area contributed by atoms with Crippen molar-refractivity contribution in [3.8, 4) is 0 Å². The average Bonchev–Trinajstić information content (AvgIpc) is 2.92. The second-order valence-electron chi connectivity index (χ2n) is 6.64. The molecule has 6 heteroatoms. The summed E-state index contributed by atoms with van der Waals surface area (Å²) < 4.78 is 0. The van der Waals surface area contributed by atoms with E-state index in [9.17, 15) is 9.59 Å². The van der Waals surface area contributed by atoms with Crippen molar-refractivity contribution in [3.05, 3.63) is 53.6 Å². The van der Waals surface area contributed by atoms with Crippen molar-refractivity contribution < 1.29 is 9.59 Å². The Morgan fingerprint density at radius 3 is 3.04 bits per heavy atom. The minimum Gasteiger partial charge on any atom is -0.376 e. The molecule has 0 aromatic heterocycles. The maximum Gasteiger partial charge on any atom is 0.251 e. The van der Waals surface area contributed by atoms with Crippen LogP contribution in [0.15, 0.2) is 47.4 Å². The van der Waals surface area contributed by atoms with Crippen LogP contribution in [0.5, 0.6) is 0 Å². The number of rotatable bonds is 3. The third-order valence-corrected chi connectivity index (χ3v) is 6.02. The van der Waals surface area contributed by atoms with Crippen molar-refractivity contribution >= 4 is 35.0 Å². The van der Waals surface area contributed by atoms with Gasteiger partial charge in [0.2, 0.25) is 5.91 Å². The van der Waals surface area contributed by atoms with E-state index in [0.717, 1.165) is 34.8 Å². The molecule has 0 bridgehead atoms. The van der Waals surface area contributed by atoms with Crippen LogP contribution < -0.4 is 15.5 Å². The van der Waals surface area contributed by atoms with E-state index in [0.29, 0.717) is 17.4 Å². The van der Waals surface area contributed by atoms with Gasteiger partial charge in [-0.25, -0.2) is 0 Å². The van der Waals surface area contributed by atoms with Crippen LogP contribution in [0.2, 0.25) is 0 Å². The molecule has 0 aliphatic carbocycles. The molecule has 1 atom stereocenters. The number of thioether (sulfide) groups is 1. The fraction of sp³-hybridized carbons (Fsp3) is 0.300.